The summed E-state index contributed by atoms with van der Waals surface area (Å²) in [6.45, 7) is 0. The molecule has 0 amide bonds. The maximum Gasteiger partial charge on any atom is 0.0351 e. The summed E-state index contributed by atoms with van der Waals surface area (Å²) in [5.74, 6) is 0. The molecule has 0 heterocycles. The van der Waals surface area contributed by atoms with E-state index in [0.29, 0.717) is 0 Å². The van der Waals surface area contributed by atoms with Crippen molar-refractivity contribution in [1.29, 1.82) is 0 Å². The average molecular weight is 64.1 g/mol. The molecule has 0 rings (SSSR count). The Bertz CT molecular complexity index is 4.00. The smallest absolute Gasteiger partial charge is 0.0351 e. The second-order valence-electron chi connectivity index (χ2n) is 0.408. The summed E-state index contributed by atoms with van der Waals surface area (Å²) in [7, 11) is 3.25. The third-order valence-electron chi connectivity index (χ3n) is 0. The zero-order chi connectivity index (χ0) is 2.71. The first kappa shape index (κ1) is 9.07. The van der Waals surface area contributed by atoms with Crippen molar-refractivity contribution in [2.45, 2.75) is 0 Å². The van der Waals surface area contributed by atoms with E-state index in [1.54, 1.807) is 14.2 Å². The van der Waals surface area contributed by atoms with Crippen LogP contribution in [-0.2, 0) is 4.74 Å². The Labute approximate surface area is 25.7 Å². The minimum atomic E-state index is 0. The van der Waals surface area contributed by atoms with E-state index >= 15 is 0 Å². The molecule has 4 heavy (non-hydrogen) atoms. The van der Waals surface area contributed by atoms with Gasteiger partial charge < -0.3 is 10.2 Å². The zero-order valence-corrected chi connectivity index (χ0v) is 2.91. The summed E-state index contributed by atoms with van der Waals surface area (Å²) >= 11 is 0. The van der Waals surface area contributed by atoms with Crippen LogP contribution in [0.1, 0.15) is 0 Å². The molecule has 0 bridgehead atoms. The predicted molar refractivity (Wildman–Crippen MR) is 16.5 cm³/mol. The Balaban J connectivity index is 0. The highest BCUT2D eigenvalue weighted by Gasteiger charge is 1.25. The topological polar surface area (TPSA) is 40.7 Å². The molecule has 0 aromatic carbocycles. The summed E-state index contributed by atoms with van der Waals surface area (Å²) in [4.78, 5) is 0. The SMILES string of the molecule is COC.O. The molecule has 0 unspecified atom stereocenters. The molecule has 28 valence electrons. The third kappa shape index (κ3) is 254. The van der Waals surface area contributed by atoms with E-state index in [0.717, 1.165) is 0 Å². The molecule has 0 aliphatic carbocycles. The van der Waals surface area contributed by atoms with Gasteiger partial charge in [0.05, 0.1) is 0 Å². The van der Waals surface area contributed by atoms with Gasteiger partial charge in [-0.25, -0.2) is 0 Å². The first-order valence-electron chi connectivity index (χ1n) is 0.816. The number of rotatable bonds is 0. The highest BCUT2D eigenvalue weighted by atomic mass is 16.4. The van der Waals surface area contributed by atoms with Crippen molar-refractivity contribution in [1.82, 2.24) is 0 Å². The van der Waals surface area contributed by atoms with Gasteiger partial charge in [0.15, 0.2) is 0 Å². The monoisotopic (exact) mass is 64.1 g/mol. The molecule has 0 aromatic heterocycles. The second-order valence-corrected chi connectivity index (χ2v) is 0.408. The lowest BCUT2D eigenvalue weighted by Gasteiger charge is -1.61. The lowest BCUT2D eigenvalue weighted by molar-refractivity contribution is 0.277. The molecule has 0 saturated heterocycles. The van der Waals surface area contributed by atoms with E-state index in [9.17, 15) is 0 Å². The summed E-state index contributed by atoms with van der Waals surface area (Å²) < 4.78 is 4.25. The Kier molecular flexibility index (Phi) is 28.8. The fraction of sp³-hybridized carbons (Fsp3) is 1.00. The van der Waals surface area contributed by atoms with Crippen molar-refractivity contribution >= 4 is 0 Å². The van der Waals surface area contributed by atoms with Gasteiger partial charge in [-0.3, -0.25) is 0 Å². The van der Waals surface area contributed by atoms with Gasteiger partial charge in [-0.15, -0.1) is 0 Å². The molecular weight excluding hydrogens is 56.0 g/mol. The van der Waals surface area contributed by atoms with Crippen LogP contribution in [-0.4, -0.2) is 19.7 Å². The maximum absolute atomic E-state index is 4.25. The van der Waals surface area contributed by atoms with Crippen molar-refractivity contribution in [3.8, 4) is 0 Å². The Morgan fingerprint density at radius 2 is 1.25 bits per heavy atom. The van der Waals surface area contributed by atoms with Crippen LogP contribution < -0.4 is 0 Å². The van der Waals surface area contributed by atoms with Crippen LogP contribution in [0.25, 0.3) is 0 Å². The van der Waals surface area contributed by atoms with Gasteiger partial charge in [-0.2, -0.15) is 0 Å². The number of ether oxygens (including phenoxy) is 1. The molecule has 0 saturated carbocycles. The lowest BCUT2D eigenvalue weighted by atomic mass is 11.6. The van der Waals surface area contributed by atoms with Crippen molar-refractivity contribution in [3.63, 3.8) is 0 Å². The van der Waals surface area contributed by atoms with Crippen LogP contribution in [0.2, 0.25) is 0 Å². The van der Waals surface area contributed by atoms with Crippen LogP contribution in [0.5, 0.6) is 0 Å². The molecule has 0 atom stereocenters. The zero-order valence-electron chi connectivity index (χ0n) is 2.91. The van der Waals surface area contributed by atoms with Crippen molar-refractivity contribution in [3.05, 3.63) is 0 Å². The molecule has 0 aliphatic rings. The van der Waals surface area contributed by atoms with Crippen LogP contribution in [0.3, 0.4) is 0 Å². The predicted octanol–water partition coefficient (Wildman–Crippen LogP) is -0.562. The van der Waals surface area contributed by atoms with Gasteiger partial charge >= 0.3 is 0 Å². The molecular formula is C2H8O2. The van der Waals surface area contributed by atoms with Gasteiger partial charge in [0, 0.05) is 14.2 Å². The van der Waals surface area contributed by atoms with E-state index < -0.39 is 0 Å². The fourth-order valence-electron chi connectivity index (χ4n) is 0. The normalized spacial score (nSPS) is 4.50. The van der Waals surface area contributed by atoms with Crippen LogP contribution in [0.4, 0.5) is 0 Å². The van der Waals surface area contributed by atoms with Gasteiger partial charge in [0.25, 0.3) is 0 Å². The van der Waals surface area contributed by atoms with E-state index in [2.05, 4.69) is 4.74 Å². The Morgan fingerprint density at radius 3 is 1.25 bits per heavy atom. The Hall–Kier alpha value is -0.0800. The van der Waals surface area contributed by atoms with Crippen LogP contribution in [0, 0.1) is 0 Å². The number of hydrogen-bond acceptors (Lipinski definition) is 1. The lowest BCUT2D eigenvalue weighted by Crippen LogP contribution is -1.55. The molecule has 0 aliphatic heterocycles. The summed E-state index contributed by atoms with van der Waals surface area (Å²) in [6, 6.07) is 0. The van der Waals surface area contributed by atoms with Crippen LogP contribution >= 0.6 is 0 Å². The largest absolute Gasteiger partial charge is 0.412 e. The van der Waals surface area contributed by atoms with Crippen molar-refractivity contribution in [2.75, 3.05) is 14.2 Å². The fourth-order valence-corrected chi connectivity index (χ4v) is 0. The van der Waals surface area contributed by atoms with E-state index in [4.69, 9.17) is 0 Å². The van der Waals surface area contributed by atoms with E-state index in [-0.39, 0.29) is 5.48 Å². The molecule has 0 aromatic rings. The van der Waals surface area contributed by atoms with E-state index in [1.165, 1.54) is 0 Å². The minimum Gasteiger partial charge on any atom is -0.412 e. The highest BCUT2D eigenvalue weighted by Crippen LogP contribution is 1.28. The molecule has 0 spiro atoms. The first-order chi connectivity index (χ1) is 1.41. The number of hydrogen-bond donors (Lipinski definition) is 0. The second kappa shape index (κ2) is 12.7. The summed E-state index contributed by atoms with van der Waals surface area (Å²) in [5, 5.41) is 0. The van der Waals surface area contributed by atoms with E-state index in [1.807, 2.05) is 0 Å². The standard InChI is InChI=1S/C2H6O.H2O/c1-3-2;/h1-2H3;1H2. The summed E-state index contributed by atoms with van der Waals surface area (Å²) in [6.07, 6.45) is 0. The summed E-state index contributed by atoms with van der Waals surface area (Å²) in [5.41, 5.74) is 0. The minimum absolute atomic E-state index is 0. The molecule has 0 radical (unpaired) electrons. The highest BCUT2D eigenvalue weighted by molar-refractivity contribution is 3.56. The van der Waals surface area contributed by atoms with Crippen molar-refractivity contribution < 1.29 is 10.2 Å². The molecule has 2 heteroatoms. The first-order valence-corrected chi connectivity index (χ1v) is 0.816. The Morgan fingerprint density at radius 1 is 1.25 bits per heavy atom. The third-order valence-corrected chi connectivity index (χ3v) is 0. The van der Waals surface area contributed by atoms with Crippen LogP contribution in [0.15, 0.2) is 0 Å². The molecule has 2 nitrogen and oxygen atoms in total. The molecule has 0 fully saturated rings. The van der Waals surface area contributed by atoms with Gasteiger partial charge in [-0.05, 0) is 0 Å². The number of methoxy groups -OCH3 is 1. The quantitative estimate of drug-likeness (QED) is 0.372. The average Bonchev–Trinajstić information content (AvgIpc) is 0.918. The molecule has 2 N–H and O–H groups in total. The van der Waals surface area contributed by atoms with Gasteiger partial charge in [0.1, 0.15) is 0 Å². The van der Waals surface area contributed by atoms with Crippen molar-refractivity contribution in [2.24, 2.45) is 0 Å². The van der Waals surface area contributed by atoms with Gasteiger partial charge in [0.2, 0.25) is 0 Å². The van der Waals surface area contributed by atoms with Gasteiger partial charge in [-0.1, -0.05) is 0 Å². The maximum atomic E-state index is 4.25.